The largest absolute Gasteiger partial charge is 0.348 e. The van der Waals surface area contributed by atoms with Gasteiger partial charge in [-0.25, -0.2) is 0 Å². The lowest BCUT2D eigenvalue weighted by molar-refractivity contribution is -0.122. The molecular formula is C15H14BrClN2O2. The van der Waals surface area contributed by atoms with Crippen molar-refractivity contribution in [3.63, 3.8) is 0 Å². The molecule has 0 aliphatic carbocycles. The number of carbonyl (C=O) groups excluding carboxylic acids is 1. The summed E-state index contributed by atoms with van der Waals surface area (Å²) in [4.78, 5) is 23.7. The molecule has 110 valence electrons. The van der Waals surface area contributed by atoms with Crippen molar-refractivity contribution in [1.29, 1.82) is 0 Å². The van der Waals surface area contributed by atoms with E-state index in [4.69, 9.17) is 11.6 Å². The molecule has 0 saturated heterocycles. The van der Waals surface area contributed by atoms with Gasteiger partial charge in [0.2, 0.25) is 5.91 Å². The maximum absolute atomic E-state index is 12.0. The molecule has 1 aromatic carbocycles. The van der Waals surface area contributed by atoms with Crippen molar-refractivity contribution in [2.75, 3.05) is 0 Å². The lowest BCUT2D eigenvalue weighted by Crippen LogP contribution is -2.33. The summed E-state index contributed by atoms with van der Waals surface area (Å²) in [5.41, 5.74) is 0.696. The number of amides is 1. The van der Waals surface area contributed by atoms with E-state index in [1.807, 2.05) is 19.1 Å². The predicted octanol–water partition coefficient (Wildman–Crippen LogP) is 3.14. The third-order valence-corrected chi connectivity index (χ3v) is 3.69. The molecule has 1 atom stereocenters. The lowest BCUT2D eigenvalue weighted by atomic mass is 10.1. The van der Waals surface area contributed by atoms with Crippen molar-refractivity contribution >= 4 is 33.4 Å². The van der Waals surface area contributed by atoms with Crippen LogP contribution in [0.1, 0.15) is 18.5 Å². The predicted molar refractivity (Wildman–Crippen MR) is 86.4 cm³/mol. The molecule has 0 aliphatic heterocycles. The molecule has 0 bridgehead atoms. The number of benzene rings is 1. The Kier molecular flexibility index (Phi) is 5.20. The minimum absolute atomic E-state index is 0.0246. The van der Waals surface area contributed by atoms with E-state index in [0.717, 1.165) is 10.0 Å². The van der Waals surface area contributed by atoms with Gasteiger partial charge in [0, 0.05) is 21.8 Å². The molecule has 2 aromatic rings. The molecular weight excluding hydrogens is 356 g/mol. The number of carbonyl (C=O) groups is 1. The summed E-state index contributed by atoms with van der Waals surface area (Å²) in [6.45, 7) is 1.84. The van der Waals surface area contributed by atoms with Crippen molar-refractivity contribution in [2.45, 2.75) is 19.5 Å². The van der Waals surface area contributed by atoms with E-state index in [1.54, 1.807) is 24.4 Å². The highest BCUT2D eigenvalue weighted by Gasteiger charge is 2.11. The highest BCUT2D eigenvalue weighted by Crippen LogP contribution is 2.17. The number of rotatable bonds is 4. The van der Waals surface area contributed by atoms with Crippen LogP contribution >= 0.6 is 27.5 Å². The van der Waals surface area contributed by atoms with Gasteiger partial charge in [0.05, 0.1) is 6.04 Å². The van der Waals surface area contributed by atoms with Crippen molar-refractivity contribution in [3.05, 3.63) is 68.0 Å². The minimum atomic E-state index is -0.234. The second-order valence-electron chi connectivity index (χ2n) is 4.66. The molecule has 1 aromatic heterocycles. The van der Waals surface area contributed by atoms with E-state index in [0.29, 0.717) is 5.02 Å². The lowest BCUT2D eigenvalue weighted by Gasteiger charge is -2.15. The molecule has 0 radical (unpaired) electrons. The number of nitrogens with one attached hydrogen (secondary N) is 1. The first-order chi connectivity index (χ1) is 9.95. The van der Waals surface area contributed by atoms with E-state index in [9.17, 15) is 9.59 Å². The Morgan fingerprint density at radius 2 is 2.14 bits per heavy atom. The second kappa shape index (κ2) is 6.91. The zero-order valence-electron chi connectivity index (χ0n) is 11.3. The van der Waals surface area contributed by atoms with Crippen LogP contribution in [0.25, 0.3) is 0 Å². The highest BCUT2D eigenvalue weighted by molar-refractivity contribution is 9.10. The maximum atomic E-state index is 12.0. The van der Waals surface area contributed by atoms with Gasteiger partial charge in [0.25, 0.3) is 5.56 Å². The van der Waals surface area contributed by atoms with Crippen LogP contribution in [0.4, 0.5) is 0 Å². The summed E-state index contributed by atoms with van der Waals surface area (Å²) in [6, 6.07) is 10.2. The molecule has 0 aliphatic rings. The van der Waals surface area contributed by atoms with Gasteiger partial charge in [0.1, 0.15) is 6.54 Å². The van der Waals surface area contributed by atoms with Crippen LogP contribution in [0.2, 0.25) is 5.02 Å². The molecule has 0 spiro atoms. The topological polar surface area (TPSA) is 51.1 Å². The van der Waals surface area contributed by atoms with Crippen molar-refractivity contribution < 1.29 is 4.79 Å². The van der Waals surface area contributed by atoms with Gasteiger partial charge < -0.3 is 9.88 Å². The molecule has 1 unspecified atom stereocenters. The Morgan fingerprint density at radius 3 is 2.86 bits per heavy atom. The van der Waals surface area contributed by atoms with Gasteiger partial charge in [-0.1, -0.05) is 23.7 Å². The van der Waals surface area contributed by atoms with Crippen LogP contribution in [-0.2, 0) is 11.3 Å². The Bertz CT molecular complexity index is 715. The number of pyridine rings is 1. The Labute approximate surface area is 135 Å². The molecule has 21 heavy (non-hydrogen) atoms. The van der Waals surface area contributed by atoms with E-state index in [2.05, 4.69) is 21.2 Å². The zero-order chi connectivity index (χ0) is 15.4. The third-order valence-electron chi connectivity index (χ3n) is 2.99. The molecule has 1 amide bonds. The van der Waals surface area contributed by atoms with Gasteiger partial charge in [-0.3, -0.25) is 9.59 Å². The molecule has 0 saturated carbocycles. The van der Waals surface area contributed by atoms with Gasteiger partial charge in [-0.05, 0) is 46.6 Å². The second-order valence-corrected chi connectivity index (χ2v) is 6.01. The first-order valence-corrected chi connectivity index (χ1v) is 7.53. The minimum Gasteiger partial charge on any atom is -0.348 e. The average Bonchev–Trinajstić information content (AvgIpc) is 2.42. The van der Waals surface area contributed by atoms with Crippen LogP contribution in [0.5, 0.6) is 0 Å². The van der Waals surface area contributed by atoms with Gasteiger partial charge in [-0.2, -0.15) is 0 Å². The molecule has 1 heterocycles. The van der Waals surface area contributed by atoms with Gasteiger partial charge in [0.15, 0.2) is 0 Å². The van der Waals surface area contributed by atoms with Crippen LogP contribution < -0.4 is 10.9 Å². The standard InChI is InChI=1S/C15H14BrClN2O2/c1-10(11-3-2-4-13(17)7-11)18-14(20)9-19-8-12(16)5-6-15(19)21/h2-8,10H,9H2,1H3,(H,18,20). The van der Waals surface area contributed by atoms with Crippen molar-refractivity contribution in [3.8, 4) is 0 Å². The van der Waals surface area contributed by atoms with Crippen molar-refractivity contribution in [2.24, 2.45) is 0 Å². The SMILES string of the molecule is CC(NC(=O)Cn1cc(Br)ccc1=O)c1cccc(Cl)c1. The number of hydrogen-bond donors (Lipinski definition) is 1. The van der Waals surface area contributed by atoms with Crippen LogP contribution in [0, 0.1) is 0 Å². The van der Waals surface area contributed by atoms with Crippen LogP contribution in [0.15, 0.2) is 51.9 Å². The quantitative estimate of drug-likeness (QED) is 0.900. The molecule has 2 rings (SSSR count). The summed E-state index contributed by atoms with van der Waals surface area (Å²) in [5.74, 6) is -0.234. The Hall–Kier alpha value is -1.59. The first kappa shape index (κ1) is 15.8. The Balaban J connectivity index is 2.04. The van der Waals surface area contributed by atoms with E-state index >= 15 is 0 Å². The fraction of sp³-hybridized carbons (Fsp3) is 0.200. The number of hydrogen-bond acceptors (Lipinski definition) is 2. The molecule has 1 N–H and O–H groups in total. The maximum Gasteiger partial charge on any atom is 0.251 e. The van der Waals surface area contributed by atoms with Gasteiger partial charge in [-0.15, -0.1) is 0 Å². The van der Waals surface area contributed by atoms with Crippen LogP contribution in [0.3, 0.4) is 0 Å². The fourth-order valence-electron chi connectivity index (χ4n) is 1.93. The average molecular weight is 370 g/mol. The van der Waals surface area contributed by atoms with Crippen LogP contribution in [-0.4, -0.2) is 10.5 Å². The van der Waals surface area contributed by atoms with Crippen molar-refractivity contribution in [1.82, 2.24) is 9.88 Å². The summed E-state index contributed by atoms with van der Waals surface area (Å²) in [6.07, 6.45) is 1.59. The summed E-state index contributed by atoms with van der Waals surface area (Å²) >= 11 is 9.21. The van der Waals surface area contributed by atoms with E-state index in [-0.39, 0.29) is 24.1 Å². The highest BCUT2D eigenvalue weighted by atomic mass is 79.9. The fourth-order valence-corrected chi connectivity index (χ4v) is 2.50. The monoisotopic (exact) mass is 368 g/mol. The normalized spacial score (nSPS) is 12.0. The number of halogens is 2. The third kappa shape index (κ3) is 4.44. The smallest absolute Gasteiger partial charge is 0.251 e. The van der Waals surface area contributed by atoms with Gasteiger partial charge >= 0.3 is 0 Å². The van der Waals surface area contributed by atoms with E-state index < -0.39 is 0 Å². The molecule has 6 heteroatoms. The molecule has 4 nitrogen and oxygen atoms in total. The number of aromatic nitrogens is 1. The first-order valence-electron chi connectivity index (χ1n) is 6.36. The van der Waals surface area contributed by atoms with E-state index in [1.165, 1.54) is 10.6 Å². The number of nitrogens with zero attached hydrogens (tertiary/aromatic N) is 1. The summed E-state index contributed by atoms with van der Waals surface area (Å²) in [5, 5.41) is 3.47. The zero-order valence-corrected chi connectivity index (χ0v) is 13.7. The summed E-state index contributed by atoms with van der Waals surface area (Å²) in [7, 11) is 0. The molecule has 0 fully saturated rings. The summed E-state index contributed by atoms with van der Waals surface area (Å²) < 4.78 is 2.10. The Morgan fingerprint density at radius 1 is 1.38 bits per heavy atom.